The minimum atomic E-state index is -4.16. The molecule has 6 heteroatoms. The summed E-state index contributed by atoms with van der Waals surface area (Å²) in [6, 6.07) is 13.3. The van der Waals surface area contributed by atoms with E-state index in [9.17, 15) is 18.0 Å². The fourth-order valence-corrected chi connectivity index (χ4v) is 3.15. The van der Waals surface area contributed by atoms with Crippen LogP contribution in [-0.4, -0.2) is 43.2 Å². The van der Waals surface area contributed by atoms with Crippen LogP contribution in [0, 0.1) is 5.92 Å². The molecule has 0 aromatic heterocycles. The van der Waals surface area contributed by atoms with Crippen molar-refractivity contribution in [1.29, 1.82) is 0 Å². The lowest BCUT2D eigenvalue weighted by atomic mass is 10.1. The number of hydrogen-bond acceptors (Lipinski definition) is 2. The van der Waals surface area contributed by atoms with Gasteiger partial charge in [0.25, 0.3) is 5.91 Å². The summed E-state index contributed by atoms with van der Waals surface area (Å²) in [6.45, 7) is 0.329. The smallest absolute Gasteiger partial charge is 0.352 e. The first-order valence-electron chi connectivity index (χ1n) is 7.97. The average Bonchev–Trinajstić information content (AvgIpc) is 2.97. The van der Waals surface area contributed by atoms with Crippen LogP contribution in [0.4, 0.5) is 13.2 Å². The topological polar surface area (TPSA) is 32.3 Å². The van der Waals surface area contributed by atoms with Gasteiger partial charge in [-0.05, 0) is 41.8 Å². The minimum absolute atomic E-state index is 0.0664. The van der Waals surface area contributed by atoms with Gasteiger partial charge >= 0.3 is 6.18 Å². The van der Waals surface area contributed by atoms with Gasteiger partial charge in [0.1, 0.15) is 0 Å². The van der Waals surface area contributed by atoms with E-state index < -0.39 is 12.7 Å². The van der Waals surface area contributed by atoms with Crippen LogP contribution in [0.2, 0.25) is 0 Å². The van der Waals surface area contributed by atoms with Crippen molar-refractivity contribution in [2.75, 3.05) is 26.2 Å². The Morgan fingerprint density at radius 2 is 1.92 bits per heavy atom. The zero-order valence-electron chi connectivity index (χ0n) is 13.1. The third-order valence-electron chi connectivity index (χ3n) is 4.34. The molecule has 3 nitrogen and oxygen atoms in total. The number of carbonyl (C=O) groups is 1. The third-order valence-corrected chi connectivity index (χ3v) is 4.34. The molecule has 128 valence electrons. The molecule has 0 aliphatic carbocycles. The Morgan fingerprint density at radius 1 is 1.17 bits per heavy atom. The van der Waals surface area contributed by atoms with E-state index in [4.69, 9.17) is 0 Å². The number of amides is 1. The van der Waals surface area contributed by atoms with Crippen molar-refractivity contribution in [2.45, 2.75) is 12.6 Å². The van der Waals surface area contributed by atoms with Crippen molar-refractivity contribution in [3.63, 3.8) is 0 Å². The molecule has 1 heterocycles. The second-order valence-corrected chi connectivity index (χ2v) is 6.28. The largest absolute Gasteiger partial charge is 0.401 e. The van der Waals surface area contributed by atoms with E-state index in [0.29, 0.717) is 31.6 Å². The molecule has 3 rings (SSSR count). The van der Waals surface area contributed by atoms with Gasteiger partial charge in [-0.2, -0.15) is 13.2 Å². The summed E-state index contributed by atoms with van der Waals surface area (Å²) >= 11 is 0. The van der Waals surface area contributed by atoms with E-state index in [1.54, 1.807) is 6.07 Å². The van der Waals surface area contributed by atoms with Crippen LogP contribution in [-0.2, 0) is 0 Å². The van der Waals surface area contributed by atoms with Crippen LogP contribution in [0.15, 0.2) is 42.5 Å². The molecule has 1 saturated heterocycles. The van der Waals surface area contributed by atoms with Gasteiger partial charge in [0.15, 0.2) is 0 Å². The number of nitrogens with one attached hydrogen (secondary N) is 1. The highest BCUT2D eigenvalue weighted by Gasteiger charge is 2.34. The van der Waals surface area contributed by atoms with Crippen LogP contribution in [0.1, 0.15) is 16.8 Å². The van der Waals surface area contributed by atoms with Crippen LogP contribution < -0.4 is 5.32 Å². The van der Waals surface area contributed by atoms with E-state index in [1.807, 2.05) is 36.4 Å². The fraction of sp³-hybridized carbons (Fsp3) is 0.389. The maximum absolute atomic E-state index is 12.4. The highest BCUT2D eigenvalue weighted by atomic mass is 19.4. The Morgan fingerprint density at radius 3 is 2.67 bits per heavy atom. The van der Waals surface area contributed by atoms with Crippen molar-refractivity contribution >= 4 is 16.7 Å². The first-order chi connectivity index (χ1) is 11.4. The number of likely N-dealkylation sites (tertiary alicyclic amines) is 1. The van der Waals surface area contributed by atoms with Crippen molar-refractivity contribution in [2.24, 2.45) is 5.92 Å². The van der Waals surface area contributed by atoms with Gasteiger partial charge in [-0.3, -0.25) is 9.69 Å². The number of nitrogens with zero attached hydrogens (tertiary/aromatic N) is 1. The van der Waals surface area contributed by atoms with Gasteiger partial charge in [0, 0.05) is 18.7 Å². The zero-order valence-corrected chi connectivity index (χ0v) is 13.1. The summed E-state index contributed by atoms with van der Waals surface area (Å²) in [4.78, 5) is 13.6. The molecule has 1 aliphatic rings. The highest BCUT2D eigenvalue weighted by Crippen LogP contribution is 2.22. The summed E-state index contributed by atoms with van der Waals surface area (Å²) in [5, 5.41) is 4.89. The number of hydrogen-bond donors (Lipinski definition) is 1. The quantitative estimate of drug-likeness (QED) is 0.927. The molecule has 0 unspecified atom stereocenters. The van der Waals surface area contributed by atoms with E-state index in [0.717, 1.165) is 10.8 Å². The predicted molar refractivity (Wildman–Crippen MR) is 86.9 cm³/mol. The lowest BCUT2D eigenvalue weighted by Gasteiger charge is -2.18. The molecule has 0 bridgehead atoms. The Hall–Kier alpha value is -2.08. The Bertz CT molecular complexity index is 730. The van der Waals surface area contributed by atoms with Crippen molar-refractivity contribution in [3.8, 4) is 0 Å². The molecule has 0 radical (unpaired) electrons. The van der Waals surface area contributed by atoms with Gasteiger partial charge in [-0.1, -0.05) is 30.3 Å². The second kappa shape index (κ2) is 6.81. The van der Waals surface area contributed by atoms with Crippen molar-refractivity contribution < 1.29 is 18.0 Å². The van der Waals surface area contributed by atoms with Crippen LogP contribution in [0.3, 0.4) is 0 Å². The summed E-state index contributed by atoms with van der Waals surface area (Å²) in [5.74, 6) is -0.119. The van der Waals surface area contributed by atoms with E-state index in [1.165, 1.54) is 4.90 Å². The number of fused-ring (bicyclic) bond motifs is 1. The molecule has 1 amide bonds. The molecule has 24 heavy (non-hydrogen) atoms. The second-order valence-electron chi connectivity index (χ2n) is 6.28. The summed E-state index contributed by atoms with van der Waals surface area (Å²) in [6.07, 6.45) is -3.49. The molecule has 1 aliphatic heterocycles. The predicted octanol–water partition coefficient (Wildman–Crippen LogP) is 3.45. The zero-order chi connectivity index (χ0) is 17.2. The number of carbonyl (C=O) groups excluding carboxylic acids is 1. The normalized spacial score (nSPS) is 18.9. The summed E-state index contributed by atoms with van der Waals surface area (Å²) < 4.78 is 37.2. The number of halogens is 3. The van der Waals surface area contributed by atoms with E-state index in [2.05, 4.69) is 5.32 Å². The highest BCUT2D eigenvalue weighted by molar-refractivity contribution is 5.98. The maximum atomic E-state index is 12.4. The van der Waals surface area contributed by atoms with Crippen molar-refractivity contribution in [3.05, 3.63) is 48.0 Å². The van der Waals surface area contributed by atoms with Gasteiger partial charge < -0.3 is 5.32 Å². The molecule has 1 fully saturated rings. The van der Waals surface area contributed by atoms with Crippen molar-refractivity contribution in [1.82, 2.24) is 10.2 Å². The monoisotopic (exact) mass is 336 g/mol. The first kappa shape index (κ1) is 16.8. The lowest BCUT2D eigenvalue weighted by molar-refractivity contribution is -0.143. The average molecular weight is 336 g/mol. The molecule has 1 atom stereocenters. The molecule has 2 aromatic rings. The summed E-state index contributed by atoms with van der Waals surface area (Å²) in [7, 11) is 0. The third kappa shape index (κ3) is 4.26. The maximum Gasteiger partial charge on any atom is 0.401 e. The Balaban J connectivity index is 1.54. The number of alkyl halides is 3. The minimum Gasteiger partial charge on any atom is -0.352 e. The summed E-state index contributed by atoms with van der Waals surface area (Å²) in [5.41, 5.74) is 0.568. The van der Waals surface area contributed by atoms with Crippen LogP contribution in [0.25, 0.3) is 10.8 Å². The molecule has 2 aromatic carbocycles. The van der Waals surface area contributed by atoms with E-state index >= 15 is 0 Å². The fourth-order valence-electron chi connectivity index (χ4n) is 3.15. The number of benzene rings is 2. The SMILES string of the molecule is O=C(NC[C@@H]1CCN(CC(F)(F)F)C1)c1ccc2ccccc2c1. The first-order valence-corrected chi connectivity index (χ1v) is 7.97. The van der Waals surface area contributed by atoms with Gasteiger partial charge in [0.2, 0.25) is 0 Å². The van der Waals surface area contributed by atoms with Gasteiger partial charge in [-0.15, -0.1) is 0 Å². The molecule has 0 saturated carbocycles. The number of rotatable bonds is 4. The van der Waals surface area contributed by atoms with Gasteiger partial charge in [0.05, 0.1) is 6.54 Å². The van der Waals surface area contributed by atoms with Crippen LogP contribution >= 0.6 is 0 Å². The Kier molecular flexibility index (Phi) is 4.76. The molecular weight excluding hydrogens is 317 g/mol. The van der Waals surface area contributed by atoms with E-state index in [-0.39, 0.29) is 11.8 Å². The standard InChI is InChI=1S/C18H19F3N2O/c19-18(20,21)12-23-8-7-13(11-23)10-22-17(24)16-6-5-14-3-1-2-4-15(14)9-16/h1-6,9,13H,7-8,10-12H2,(H,22,24)/t13-/m0/s1. The molecular formula is C18H19F3N2O. The lowest BCUT2D eigenvalue weighted by Crippen LogP contribution is -2.34. The van der Waals surface area contributed by atoms with Gasteiger partial charge in [-0.25, -0.2) is 0 Å². The Labute approximate surface area is 138 Å². The molecule has 0 spiro atoms. The molecule has 1 N–H and O–H groups in total. The van der Waals surface area contributed by atoms with Crippen LogP contribution in [0.5, 0.6) is 0 Å².